The van der Waals surface area contributed by atoms with Gasteiger partial charge in [0.05, 0.1) is 25.5 Å². The molecule has 0 N–H and O–H groups in total. The number of carbonyl (C=O) groups excluding carboxylic acids is 1. The maximum absolute atomic E-state index is 13.6. The second-order valence-corrected chi connectivity index (χ2v) is 8.87. The number of hydrogen-bond donors (Lipinski definition) is 0. The molecular weight excluding hydrogens is 376 g/mol. The Morgan fingerprint density at radius 1 is 1.10 bits per heavy atom. The van der Waals surface area contributed by atoms with E-state index in [9.17, 15) is 4.79 Å². The smallest absolute Gasteiger partial charge is 0.254 e. The highest BCUT2D eigenvalue weighted by Crippen LogP contribution is 2.30. The molecule has 1 aromatic heterocycles. The first-order valence-corrected chi connectivity index (χ1v) is 11.5. The van der Waals surface area contributed by atoms with Crippen LogP contribution in [0.1, 0.15) is 59.4 Å². The quantitative estimate of drug-likeness (QED) is 0.762. The third-order valence-corrected chi connectivity index (χ3v) is 7.04. The van der Waals surface area contributed by atoms with E-state index >= 15 is 0 Å². The standard InChI is InChI=1S/C24H32N4O2/c1-26-23-8-4-7-21(23)22(25-26)17-28(20-5-2-3-6-20)24(29)18-9-11-19(12-10-18)27-13-15-30-16-14-27/h9-12,20H,2-8,13-17H2,1H3. The minimum absolute atomic E-state index is 0.146. The second-order valence-electron chi connectivity index (χ2n) is 8.87. The Kier molecular flexibility index (Phi) is 5.50. The number of benzene rings is 1. The minimum Gasteiger partial charge on any atom is -0.378 e. The Labute approximate surface area is 178 Å². The minimum atomic E-state index is 0.146. The molecule has 2 aliphatic carbocycles. The van der Waals surface area contributed by atoms with E-state index in [0.717, 1.165) is 63.2 Å². The summed E-state index contributed by atoms with van der Waals surface area (Å²) in [6.07, 6.45) is 8.04. The average molecular weight is 409 g/mol. The Morgan fingerprint density at radius 2 is 1.83 bits per heavy atom. The molecule has 0 spiro atoms. The first-order valence-electron chi connectivity index (χ1n) is 11.5. The van der Waals surface area contributed by atoms with Crippen molar-refractivity contribution in [2.75, 3.05) is 31.2 Å². The second kappa shape index (κ2) is 8.42. The molecule has 1 saturated carbocycles. The van der Waals surface area contributed by atoms with Crippen molar-refractivity contribution in [2.45, 2.75) is 57.5 Å². The number of ether oxygens (including phenoxy) is 1. The maximum atomic E-state index is 13.6. The fourth-order valence-electron chi connectivity index (χ4n) is 5.37. The lowest BCUT2D eigenvalue weighted by Gasteiger charge is -2.30. The summed E-state index contributed by atoms with van der Waals surface area (Å²) < 4.78 is 7.49. The molecule has 2 aromatic rings. The van der Waals surface area contributed by atoms with Crippen LogP contribution >= 0.6 is 0 Å². The molecule has 0 radical (unpaired) electrons. The van der Waals surface area contributed by atoms with Crippen LogP contribution in [0.4, 0.5) is 5.69 Å². The van der Waals surface area contributed by atoms with Crippen molar-refractivity contribution in [2.24, 2.45) is 7.05 Å². The van der Waals surface area contributed by atoms with Gasteiger partial charge in [0.1, 0.15) is 0 Å². The number of nitrogens with zero attached hydrogens (tertiary/aromatic N) is 4. The number of rotatable bonds is 5. The number of aromatic nitrogens is 2. The summed E-state index contributed by atoms with van der Waals surface area (Å²) >= 11 is 0. The molecule has 160 valence electrons. The van der Waals surface area contributed by atoms with E-state index in [4.69, 9.17) is 9.84 Å². The van der Waals surface area contributed by atoms with Gasteiger partial charge >= 0.3 is 0 Å². The van der Waals surface area contributed by atoms with Crippen LogP contribution in [0, 0.1) is 0 Å². The fraction of sp³-hybridized carbons (Fsp3) is 0.583. The van der Waals surface area contributed by atoms with Crippen molar-refractivity contribution in [3.63, 3.8) is 0 Å². The van der Waals surface area contributed by atoms with Gasteiger partial charge in [0.25, 0.3) is 5.91 Å². The molecule has 1 saturated heterocycles. The summed E-state index contributed by atoms with van der Waals surface area (Å²) in [5, 5.41) is 4.80. The number of aryl methyl sites for hydroxylation is 1. The van der Waals surface area contributed by atoms with Crippen molar-refractivity contribution >= 4 is 11.6 Å². The topological polar surface area (TPSA) is 50.6 Å². The van der Waals surface area contributed by atoms with Crippen LogP contribution < -0.4 is 4.90 Å². The van der Waals surface area contributed by atoms with Crippen LogP contribution in [0.2, 0.25) is 0 Å². The van der Waals surface area contributed by atoms with Crippen molar-refractivity contribution in [1.29, 1.82) is 0 Å². The van der Waals surface area contributed by atoms with Crippen LogP contribution in [0.3, 0.4) is 0 Å². The highest BCUT2D eigenvalue weighted by molar-refractivity contribution is 5.94. The molecule has 0 unspecified atom stereocenters. The van der Waals surface area contributed by atoms with Gasteiger partial charge in [-0.15, -0.1) is 0 Å². The van der Waals surface area contributed by atoms with Gasteiger partial charge in [0.15, 0.2) is 0 Å². The first-order chi connectivity index (χ1) is 14.7. The number of fused-ring (bicyclic) bond motifs is 1. The molecule has 2 fully saturated rings. The van der Waals surface area contributed by atoms with Crippen LogP contribution in [0.15, 0.2) is 24.3 Å². The summed E-state index contributed by atoms with van der Waals surface area (Å²) in [5.41, 5.74) is 5.81. The van der Waals surface area contributed by atoms with E-state index in [0.29, 0.717) is 12.6 Å². The van der Waals surface area contributed by atoms with Gasteiger partial charge in [-0.2, -0.15) is 5.10 Å². The molecule has 0 atom stereocenters. The fourth-order valence-corrected chi connectivity index (χ4v) is 5.37. The number of anilines is 1. The van der Waals surface area contributed by atoms with E-state index in [1.807, 2.05) is 23.9 Å². The van der Waals surface area contributed by atoms with Gasteiger partial charge < -0.3 is 14.5 Å². The van der Waals surface area contributed by atoms with Crippen LogP contribution in [0.25, 0.3) is 0 Å². The third kappa shape index (κ3) is 3.73. The van der Waals surface area contributed by atoms with Gasteiger partial charge in [-0.1, -0.05) is 12.8 Å². The highest BCUT2D eigenvalue weighted by atomic mass is 16.5. The van der Waals surface area contributed by atoms with E-state index in [1.54, 1.807) is 0 Å². The molecule has 1 aliphatic heterocycles. The molecule has 3 aliphatic rings. The van der Waals surface area contributed by atoms with Gasteiger partial charge in [0.2, 0.25) is 0 Å². The normalized spacial score (nSPS) is 19.3. The van der Waals surface area contributed by atoms with E-state index < -0.39 is 0 Å². The van der Waals surface area contributed by atoms with E-state index in [2.05, 4.69) is 21.9 Å². The average Bonchev–Trinajstić information content (AvgIpc) is 3.53. The largest absolute Gasteiger partial charge is 0.378 e. The Balaban J connectivity index is 1.37. The maximum Gasteiger partial charge on any atom is 0.254 e. The van der Waals surface area contributed by atoms with Crippen LogP contribution in [-0.2, 0) is 31.2 Å². The monoisotopic (exact) mass is 408 g/mol. The molecule has 6 nitrogen and oxygen atoms in total. The summed E-state index contributed by atoms with van der Waals surface area (Å²) in [7, 11) is 2.04. The number of amides is 1. The predicted octanol–water partition coefficient (Wildman–Crippen LogP) is 3.33. The van der Waals surface area contributed by atoms with Crippen molar-refractivity contribution in [1.82, 2.24) is 14.7 Å². The number of morpholine rings is 1. The zero-order valence-corrected chi connectivity index (χ0v) is 18.0. The van der Waals surface area contributed by atoms with Crippen molar-refractivity contribution in [3.05, 3.63) is 46.8 Å². The molecule has 1 aromatic carbocycles. The van der Waals surface area contributed by atoms with Crippen molar-refractivity contribution in [3.8, 4) is 0 Å². The molecule has 30 heavy (non-hydrogen) atoms. The third-order valence-electron chi connectivity index (χ3n) is 7.04. The predicted molar refractivity (Wildman–Crippen MR) is 117 cm³/mol. The van der Waals surface area contributed by atoms with E-state index in [-0.39, 0.29) is 5.91 Å². The van der Waals surface area contributed by atoms with Gasteiger partial charge in [-0.3, -0.25) is 9.48 Å². The Hall–Kier alpha value is -2.34. The summed E-state index contributed by atoms with van der Waals surface area (Å²) in [6, 6.07) is 8.50. The summed E-state index contributed by atoms with van der Waals surface area (Å²) in [4.78, 5) is 18.0. The Bertz CT molecular complexity index is 893. The lowest BCUT2D eigenvalue weighted by molar-refractivity contribution is 0.0661. The molecular formula is C24H32N4O2. The zero-order valence-electron chi connectivity index (χ0n) is 18.0. The van der Waals surface area contributed by atoms with Gasteiger partial charge in [-0.05, 0) is 61.9 Å². The van der Waals surface area contributed by atoms with Crippen LogP contribution in [-0.4, -0.2) is 52.9 Å². The van der Waals surface area contributed by atoms with E-state index in [1.165, 1.54) is 36.2 Å². The first kappa shape index (κ1) is 19.6. The number of hydrogen-bond acceptors (Lipinski definition) is 4. The Morgan fingerprint density at radius 3 is 2.57 bits per heavy atom. The molecule has 5 rings (SSSR count). The molecule has 2 heterocycles. The molecule has 1 amide bonds. The van der Waals surface area contributed by atoms with Crippen molar-refractivity contribution < 1.29 is 9.53 Å². The van der Waals surface area contributed by atoms with Gasteiger partial charge in [-0.25, -0.2) is 0 Å². The van der Waals surface area contributed by atoms with Crippen LogP contribution in [0.5, 0.6) is 0 Å². The summed E-state index contributed by atoms with van der Waals surface area (Å²) in [5.74, 6) is 0.146. The van der Waals surface area contributed by atoms with Gasteiger partial charge in [0, 0.05) is 43.1 Å². The number of carbonyl (C=O) groups is 1. The zero-order chi connectivity index (χ0) is 20.5. The SMILES string of the molecule is Cn1nc(CN(C(=O)c2ccc(N3CCOCC3)cc2)C2CCCC2)c2c1CCC2. The molecule has 6 heteroatoms. The summed E-state index contributed by atoms with van der Waals surface area (Å²) in [6.45, 7) is 3.99. The molecule has 0 bridgehead atoms. The highest BCUT2D eigenvalue weighted by Gasteiger charge is 2.30. The lowest BCUT2D eigenvalue weighted by Crippen LogP contribution is -2.39. The lowest BCUT2D eigenvalue weighted by atomic mass is 10.1.